The number of likely N-dealkylation sites (tertiary alicyclic amines) is 1. The van der Waals surface area contributed by atoms with Crippen LogP contribution in [0.15, 0.2) is 29.2 Å². The van der Waals surface area contributed by atoms with Crippen molar-refractivity contribution in [2.45, 2.75) is 22.7 Å². The zero-order valence-electron chi connectivity index (χ0n) is 10.4. The van der Waals surface area contributed by atoms with E-state index in [1.807, 2.05) is 6.07 Å². The molecule has 106 valence electrons. The summed E-state index contributed by atoms with van der Waals surface area (Å²) in [6.45, 7) is -1.07. The van der Waals surface area contributed by atoms with Gasteiger partial charge in [-0.2, -0.15) is 18.4 Å². The lowest BCUT2D eigenvalue weighted by Crippen LogP contribution is -2.36. The van der Waals surface area contributed by atoms with Crippen molar-refractivity contribution in [2.75, 3.05) is 13.1 Å². The van der Waals surface area contributed by atoms with Crippen LogP contribution in [0, 0.1) is 11.3 Å². The molecule has 0 N–H and O–H groups in total. The van der Waals surface area contributed by atoms with E-state index in [9.17, 15) is 18.0 Å². The number of hydrogen-bond acceptors (Lipinski definition) is 3. The van der Waals surface area contributed by atoms with Crippen molar-refractivity contribution in [1.29, 1.82) is 5.26 Å². The van der Waals surface area contributed by atoms with Gasteiger partial charge in [0, 0.05) is 11.4 Å². The lowest BCUT2D eigenvalue weighted by atomic mass is 10.2. The molecular weight excluding hydrogens is 289 g/mol. The fourth-order valence-corrected chi connectivity index (χ4v) is 3.15. The number of amides is 1. The van der Waals surface area contributed by atoms with Gasteiger partial charge >= 0.3 is 6.18 Å². The first-order chi connectivity index (χ1) is 9.39. The van der Waals surface area contributed by atoms with E-state index in [1.165, 1.54) is 11.8 Å². The molecule has 0 saturated carbocycles. The summed E-state index contributed by atoms with van der Waals surface area (Å²) in [4.78, 5) is 13.4. The second-order valence-corrected chi connectivity index (χ2v) is 5.69. The SMILES string of the molecule is N#Cc1cccc(S[C@@H]2CCN(CC(F)(F)F)C2=O)c1. The third-order valence-electron chi connectivity index (χ3n) is 2.86. The average Bonchev–Trinajstić information content (AvgIpc) is 2.70. The van der Waals surface area contributed by atoms with E-state index >= 15 is 0 Å². The summed E-state index contributed by atoms with van der Waals surface area (Å²) in [6, 6.07) is 8.68. The van der Waals surface area contributed by atoms with Crippen molar-refractivity contribution in [1.82, 2.24) is 4.90 Å². The average molecular weight is 300 g/mol. The number of alkyl halides is 3. The molecule has 20 heavy (non-hydrogen) atoms. The van der Waals surface area contributed by atoms with E-state index < -0.39 is 23.9 Å². The van der Waals surface area contributed by atoms with E-state index in [-0.39, 0.29) is 6.54 Å². The van der Waals surface area contributed by atoms with Crippen LogP contribution in [-0.2, 0) is 4.79 Å². The zero-order valence-corrected chi connectivity index (χ0v) is 11.2. The second kappa shape index (κ2) is 5.75. The molecule has 2 rings (SSSR count). The molecule has 7 heteroatoms. The quantitative estimate of drug-likeness (QED) is 0.862. The minimum atomic E-state index is -4.37. The number of nitriles is 1. The molecule has 1 amide bonds. The molecule has 0 spiro atoms. The number of carbonyl (C=O) groups is 1. The van der Waals surface area contributed by atoms with Crippen molar-refractivity contribution in [2.24, 2.45) is 0 Å². The van der Waals surface area contributed by atoms with Crippen LogP contribution in [0.3, 0.4) is 0 Å². The largest absolute Gasteiger partial charge is 0.406 e. The van der Waals surface area contributed by atoms with Crippen LogP contribution in [0.2, 0.25) is 0 Å². The first-order valence-corrected chi connectivity index (χ1v) is 6.79. The highest BCUT2D eigenvalue weighted by Gasteiger charge is 2.39. The molecule has 0 aromatic heterocycles. The van der Waals surface area contributed by atoms with Crippen LogP contribution in [0.4, 0.5) is 13.2 Å². The summed E-state index contributed by atoms with van der Waals surface area (Å²) >= 11 is 1.21. The molecule has 1 atom stereocenters. The number of carbonyl (C=O) groups excluding carboxylic acids is 1. The Morgan fingerprint density at radius 2 is 2.20 bits per heavy atom. The van der Waals surface area contributed by atoms with Crippen LogP contribution in [0.25, 0.3) is 0 Å². The summed E-state index contributed by atoms with van der Waals surface area (Å²) in [5.74, 6) is -0.491. The molecule has 0 radical (unpaired) electrons. The Bertz CT molecular complexity index is 553. The molecule has 0 unspecified atom stereocenters. The van der Waals surface area contributed by atoms with Gasteiger partial charge in [0.25, 0.3) is 0 Å². The van der Waals surface area contributed by atoms with Crippen LogP contribution < -0.4 is 0 Å². The highest BCUT2D eigenvalue weighted by atomic mass is 32.2. The Hall–Kier alpha value is -1.68. The smallest absolute Gasteiger partial charge is 0.333 e. The van der Waals surface area contributed by atoms with Gasteiger partial charge in [-0.05, 0) is 24.6 Å². The van der Waals surface area contributed by atoms with Gasteiger partial charge in [-0.25, -0.2) is 0 Å². The van der Waals surface area contributed by atoms with Crippen LogP contribution in [0.1, 0.15) is 12.0 Å². The first kappa shape index (κ1) is 14.7. The molecule has 1 aromatic rings. The first-order valence-electron chi connectivity index (χ1n) is 5.91. The third kappa shape index (κ3) is 3.67. The zero-order chi connectivity index (χ0) is 14.8. The maximum Gasteiger partial charge on any atom is 0.406 e. The Kier molecular flexibility index (Phi) is 4.23. The van der Waals surface area contributed by atoms with Crippen molar-refractivity contribution < 1.29 is 18.0 Å². The van der Waals surface area contributed by atoms with Gasteiger partial charge in [-0.15, -0.1) is 11.8 Å². The maximum absolute atomic E-state index is 12.3. The van der Waals surface area contributed by atoms with Crippen LogP contribution in [0.5, 0.6) is 0 Å². The van der Waals surface area contributed by atoms with Crippen molar-refractivity contribution >= 4 is 17.7 Å². The van der Waals surface area contributed by atoms with E-state index in [4.69, 9.17) is 5.26 Å². The summed E-state index contributed by atoms with van der Waals surface area (Å²) in [7, 11) is 0. The van der Waals surface area contributed by atoms with Crippen LogP contribution in [-0.4, -0.2) is 35.3 Å². The van der Waals surface area contributed by atoms with Gasteiger partial charge in [0.05, 0.1) is 16.9 Å². The van der Waals surface area contributed by atoms with E-state index in [0.717, 1.165) is 9.80 Å². The summed E-state index contributed by atoms with van der Waals surface area (Å²) in [5, 5.41) is 8.28. The number of nitrogens with zero attached hydrogens (tertiary/aromatic N) is 2. The number of thioether (sulfide) groups is 1. The Morgan fingerprint density at radius 1 is 1.45 bits per heavy atom. The second-order valence-electron chi connectivity index (χ2n) is 4.41. The topological polar surface area (TPSA) is 44.1 Å². The van der Waals surface area contributed by atoms with E-state index in [2.05, 4.69) is 0 Å². The minimum Gasteiger partial charge on any atom is -0.333 e. The molecule has 0 bridgehead atoms. The Labute approximate surface area is 118 Å². The van der Waals surface area contributed by atoms with Crippen molar-refractivity contribution in [3.63, 3.8) is 0 Å². The predicted molar refractivity (Wildman–Crippen MR) is 68.1 cm³/mol. The van der Waals surface area contributed by atoms with Gasteiger partial charge in [-0.3, -0.25) is 4.79 Å². The van der Waals surface area contributed by atoms with E-state index in [0.29, 0.717) is 12.0 Å². The molecule has 1 fully saturated rings. The fraction of sp³-hybridized carbons (Fsp3) is 0.385. The maximum atomic E-state index is 12.3. The molecule has 3 nitrogen and oxygen atoms in total. The lowest BCUT2D eigenvalue weighted by Gasteiger charge is -2.18. The van der Waals surface area contributed by atoms with Crippen molar-refractivity contribution in [3.05, 3.63) is 29.8 Å². The molecule has 1 heterocycles. The Balaban J connectivity index is 2.01. The molecule has 1 aliphatic rings. The van der Waals surface area contributed by atoms with Gasteiger partial charge in [0.15, 0.2) is 0 Å². The Morgan fingerprint density at radius 3 is 2.85 bits per heavy atom. The number of halogens is 3. The number of benzene rings is 1. The standard InChI is InChI=1S/C13H11F3N2OS/c14-13(15,16)8-18-5-4-11(12(18)19)20-10-3-1-2-9(6-10)7-17/h1-3,6,11H,4-5,8H2/t11-/m1/s1. The molecule has 1 aromatic carbocycles. The fourth-order valence-electron chi connectivity index (χ4n) is 2.00. The van der Waals surface area contributed by atoms with Gasteiger partial charge < -0.3 is 4.90 Å². The summed E-state index contributed by atoms with van der Waals surface area (Å²) < 4.78 is 36.9. The summed E-state index contributed by atoms with van der Waals surface area (Å²) in [5.41, 5.74) is 0.465. The highest BCUT2D eigenvalue weighted by Crippen LogP contribution is 2.32. The lowest BCUT2D eigenvalue weighted by molar-refractivity contribution is -0.157. The van der Waals surface area contributed by atoms with Crippen molar-refractivity contribution in [3.8, 4) is 6.07 Å². The molecule has 1 saturated heterocycles. The van der Waals surface area contributed by atoms with E-state index in [1.54, 1.807) is 24.3 Å². The van der Waals surface area contributed by atoms with Gasteiger partial charge in [0.1, 0.15) is 6.54 Å². The van der Waals surface area contributed by atoms with Gasteiger partial charge in [-0.1, -0.05) is 6.07 Å². The monoisotopic (exact) mass is 300 g/mol. The third-order valence-corrected chi connectivity index (χ3v) is 4.11. The van der Waals surface area contributed by atoms with Gasteiger partial charge in [0.2, 0.25) is 5.91 Å². The number of rotatable bonds is 3. The summed E-state index contributed by atoms with van der Waals surface area (Å²) in [6.07, 6.45) is -3.98. The number of hydrogen-bond donors (Lipinski definition) is 0. The molecular formula is C13H11F3N2OS. The molecule has 1 aliphatic heterocycles. The highest BCUT2D eigenvalue weighted by molar-refractivity contribution is 8.00. The minimum absolute atomic E-state index is 0.119. The normalized spacial score (nSPS) is 19.2. The predicted octanol–water partition coefficient (Wildman–Crippen LogP) is 2.81. The van der Waals surface area contributed by atoms with Crippen LogP contribution >= 0.6 is 11.8 Å². The molecule has 0 aliphatic carbocycles.